The summed E-state index contributed by atoms with van der Waals surface area (Å²) in [5.41, 5.74) is 9.02. The molecule has 0 aromatic heterocycles. The van der Waals surface area contributed by atoms with Gasteiger partial charge in [-0.3, -0.25) is 0 Å². The molecule has 0 saturated carbocycles. The quantitative estimate of drug-likeness (QED) is 0.475. The van der Waals surface area contributed by atoms with Gasteiger partial charge in [0.15, 0.2) is 0 Å². The zero-order valence-corrected chi connectivity index (χ0v) is 6.19. The molecule has 3 N–H and O–H groups in total. The summed E-state index contributed by atoms with van der Waals surface area (Å²) in [6, 6.07) is 0.374. The van der Waals surface area contributed by atoms with Crippen LogP contribution in [0, 0.1) is 0 Å². The van der Waals surface area contributed by atoms with Crippen LogP contribution in [0.2, 0.25) is 0 Å². The summed E-state index contributed by atoms with van der Waals surface area (Å²) in [6.45, 7) is 2.15. The maximum Gasteiger partial charge on any atom is 0.0269 e. The smallest absolute Gasteiger partial charge is 0.0269 e. The Labute approximate surface area is 61.5 Å². The van der Waals surface area contributed by atoms with Gasteiger partial charge in [0.05, 0.1) is 0 Å². The van der Waals surface area contributed by atoms with E-state index in [4.69, 9.17) is 5.73 Å². The van der Waals surface area contributed by atoms with E-state index >= 15 is 0 Å². The molecule has 1 aliphatic carbocycles. The first-order valence-electron chi connectivity index (χ1n) is 4.05. The van der Waals surface area contributed by atoms with Crippen LogP contribution in [0.4, 0.5) is 0 Å². The zero-order chi connectivity index (χ0) is 6.97. The van der Waals surface area contributed by atoms with Gasteiger partial charge in [-0.1, -0.05) is 5.57 Å². The van der Waals surface area contributed by atoms with Crippen molar-refractivity contribution in [3.8, 4) is 0 Å². The van der Waals surface area contributed by atoms with Gasteiger partial charge >= 0.3 is 0 Å². The minimum Gasteiger partial charge on any atom is -0.324 e. The minimum absolute atomic E-state index is 0.374. The lowest BCUT2D eigenvalue weighted by Crippen LogP contribution is -2.27. The van der Waals surface area contributed by atoms with Gasteiger partial charge in [0.2, 0.25) is 0 Å². The molecular formula is C8H14N2. The van der Waals surface area contributed by atoms with Crippen LogP contribution in [0.5, 0.6) is 0 Å². The zero-order valence-electron chi connectivity index (χ0n) is 6.19. The van der Waals surface area contributed by atoms with Gasteiger partial charge in [0, 0.05) is 19.1 Å². The molecule has 0 radical (unpaired) electrons. The van der Waals surface area contributed by atoms with Crippen LogP contribution in [-0.2, 0) is 0 Å². The van der Waals surface area contributed by atoms with E-state index in [1.54, 1.807) is 5.57 Å². The predicted octanol–water partition coefficient (Wildman–Crippen LogP) is 0.397. The van der Waals surface area contributed by atoms with Gasteiger partial charge in [-0.2, -0.15) is 0 Å². The largest absolute Gasteiger partial charge is 0.324 e. The Morgan fingerprint density at radius 2 is 2.30 bits per heavy atom. The van der Waals surface area contributed by atoms with Crippen molar-refractivity contribution < 1.29 is 0 Å². The molecule has 0 aromatic rings. The molecule has 2 nitrogen and oxygen atoms in total. The second-order valence-corrected chi connectivity index (χ2v) is 3.23. The second-order valence-electron chi connectivity index (χ2n) is 3.23. The van der Waals surface area contributed by atoms with Crippen LogP contribution in [0.25, 0.3) is 0 Å². The summed E-state index contributed by atoms with van der Waals surface area (Å²) in [4.78, 5) is 0. The first-order valence-corrected chi connectivity index (χ1v) is 4.05. The third-order valence-corrected chi connectivity index (χ3v) is 2.55. The van der Waals surface area contributed by atoms with Gasteiger partial charge < -0.3 is 11.1 Å². The standard InChI is InChI=1S/C8H14N2/c9-8-3-1-2-6-4-10-5-7(6)8/h8,10H,1-5,9H2. The van der Waals surface area contributed by atoms with E-state index < -0.39 is 0 Å². The summed E-state index contributed by atoms with van der Waals surface area (Å²) >= 11 is 0. The molecule has 1 unspecified atom stereocenters. The molecule has 2 aliphatic rings. The molecule has 56 valence electrons. The molecule has 1 heterocycles. The fourth-order valence-electron chi connectivity index (χ4n) is 1.94. The van der Waals surface area contributed by atoms with Crippen molar-refractivity contribution in [1.82, 2.24) is 5.32 Å². The average Bonchev–Trinajstić information content (AvgIpc) is 2.36. The maximum absolute atomic E-state index is 5.92. The Morgan fingerprint density at radius 1 is 1.40 bits per heavy atom. The van der Waals surface area contributed by atoms with Crippen molar-refractivity contribution in [3.63, 3.8) is 0 Å². The Bertz CT molecular complexity index is 172. The first-order chi connectivity index (χ1) is 4.88. The molecule has 0 aromatic carbocycles. The van der Waals surface area contributed by atoms with E-state index in [0.717, 1.165) is 13.1 Å². The summed E-state index contributed by atoms with van der Waals surface area (Å²) in [5, 5.41) is 3.34. The van der Waals surface area contributed by atoms with Gasteiger partial charge in [0.1, 0.15) is 0 Å². The van der Waals surface area contributed by atoms with Gasteiger partial charge in [-0.15, -0.1) is 0 Å². The molecule has 1 atom stereocenters. The molecule has 2 heteroatoms. The summed E-state index contributed by atoms with van der Waals surface area (Å²) in [7, 11) is 0. The van der Waals surface area contributed by atoms with E-state index in [0.29, 0.717) is 6.04 Å². The van der Waals surface area contributed by atoms with E-state index in [2.05, 4.69) is 5.32 Å². The normalized spacial score (nSPS) is 32.7. The van der Waals surface area contributed by atoms with Crippen LogP contribution in [0.3, 0.4) is 0 Å². The molecule has 0 bridgehead atoms. The number of hydrogen-bond acceptors (Lipinski definition) is 2. The molecule has 10 heavy (non-hydrogen) atoms. The Morgan fingerprint density at radius 3 is 3.10 bits per heavy atom. The van der Waals surface area contributed by atoms with E-state index in [1.807, 2.05) is 0 Å². The fourth-order valence-corrected chi connectivity index (χ4v) is 1.94. The lowest BCUT2D eigenvalue weighted by molar-refractivity contribution is 0.601. The highest BCUT2D eigenvalue weighted by Gasteiger charge is 2.22. The van der Waals surface area contributed by atoms with Gasteiger partial charge in [-0.25, -0.2) is 0 Å². The van der Waals surface area contributed by atoms with Crippen molar-refractivity contribution in [2.75, 3.05) is 13.1 Å². The molecule has 0 amide bonds. The topological polar surface area (TPSA) is 38.0 Å². The molecule has 1 aliphatic heterocycles. The molecule has 0 spiro atoms. The summed E-state index contributed by atoms with van der Waals surface area (Å²) in [6.07, 6.45) is 3.78. The van der Waals surface area contributed by atoms with E-state index in [1.165, 1.54) is 24.8 Å². The molecule has 0 fully saturated rings. The lowest BCUT2D eigenvalue weighted by atomic mass is 9.90. The molecular weight excluding hydrogens is 124 g/mol. The van der Waals surface area contributed by atoms with Crippen LogP contribution >= 0.6 is 0 Å². The van der Waals surface area contributed by atoms with Gasteiger partial charge in [0.25, 0.3) is 0 Å². The van der Waals surface area contributed by atoms with Crippen molar-refractivity contribution in [1.29, 1.82) is 0 Å². The lowest BCUT2D eigenvalue weighted by Gasteiger charge is -2.19. The van der Waals surface area contributed by atoms with Crippen LogP contribution < -0.4 is 11.1 Å². The Hall–Kier alpha value is -0.340. The number of rotatable bonds is 0. The fraction of sp³-hybridized carbons (Fsp3) is 0.750. The third-order valence-electron chi connectivity index (χ3n) is 2.55. The highest BCUT2D eigenvalue weighted by Crippen LogP contribution is 2.25. The van der Waals surface area contributed by atoms with Crippen molar-refractivity contribution >= 4 is 0 Å². The van der Waals surface area contributed by atoms with E-state index in [9.17, 15) is 0 Å². The van der Waals surface area contributed by atoms with Gasteiger partial charge in [-0.05, 0) is 24.8 Å². The SMILES string of the molecule is NC1CCCC2=C1CNC2. The Balaban J connectivity index is 2.22. The predicted molar refractivity (Wildman–Crippen MR) is 41.7 cm³/mol. The first kappa shape index (κ1) is 6.38. The van der Waals surface area contributed by atoms with Crippen molar-refractivity contribution in [2.45, 2.75) is 25.3 Å². The molecule has 2 rings (SSSR count). The second kappa shape index (κ2) is 2.36. The summed E-state index contributed by atoms with van der Waals surface area (Å²) in [5.74, 6) is 0. The molecule has 0 saturated heterocycles. The third kappa shape index (κ3) is 0.879. The monoisotopic (exact) mass is 138 g/mol. The Kier molecular flexibility index (Phi) is 1.51. The summed E-state index contributed by atoms with van der Waals surface area (Å²) < 4.78 is 0. The highest BCUT2D eigenvalue weighted by atomic mass is 14.9. The number of nitrogens with one attached hydrogen (secondary N) is 1. The van der Waals surface area contributed by atoms with Crippen molar-refractivity contribution in [3.05, 3.63) is 11.1 Å². The van der Waals surface area contributed by atoms with Crippen LogP contribution in [-0.4, -0.2) is 19.1 Å². The van der Waals surface area contributed by atoms with Crippen LogP contribution in [0.1, 0.15) is 19.3 Å². The minimum atomic E-state index is 0.374. The van der Waals surface area contributed by atoms with Crippen LogP contribution in [0.15, 0.2) is 11.1 Å². The number of hydrogen-bond donors (Lipinski definition) is 2. The maximum atomic E-state index is 5.92. The van der Waals surface area contributed by atoms with E-state index in [-0.39, 0.29) is 0 Å². The number of nitrogens with two attached hydrogens (primary N) is 1. The van der Waals surface area contributed by atoms with Crippen molar-refractivity contribution in [2.24, 2.45) is 5.73 Å². The highest BCUT2D eigenvalue weighted by molar-refractivity contribution is 5.28. The average molecular weight is 138 g/mol.